The van der Waals surface area contributed by atoms with E-state index >= 15 is 0 Å². The number of benzene rings is 1. The predicted molar refractivity (Wildman–Crippen MR) is 121 cm³/mol. The predicted octanol–water partition coefficient (Wildman–Crippen LogP) is 5.67. The van der Waals surface area contributed by atoms with Crippen LogP contribution in [0.2, 0.25) is 5.02 Å². The molecule has 7 heteroatoms. The van der Waals surface area contributed by atoms with E-state index in [0.29, 0.717) is 35.2 Å². The summed E-state index contributed by atoms with van der Waals surface area (Å²) in [4.78, 5) is 22.3. The highest BCUT2D eigenvalue weighted by molar-refractivity contribution is 6.30. The van der Waals surface area contributed by atoms with Gasteiger partial charge < -0.3 is 9.73 Å². The van der Waals surface area contributed by atoms with Crippen molar-refractivity contribution in [1.82, 2.24) is 19.7 Å². The molecule has 3 heterocycles. The van der Waals surface area contributed by atoms with Crippen LogP contribution in [-0.2, 0) is 13.0 Å². The number of carbonyl (C=O) groups excluding carboxylic acids is 1. The third-order valence-electron chi connectivity index (χ3n) is 6.08. The van der Waals surface area contributed by atoms with E-state index < -0.39 is 0 Å². The highest BCUT2D eigenvalue weighted by Gasteiger charge is 2.21. The SMILES string of the molecule is CCc1nc2ccc(Cl)cn2c1C(=O)NCc1ccc2oc(C3CCCCC3)nc2c1. The smallest absolute Gasteiger partial charge is 0.270 e. The summed E-state index contributed by atoms with van der Waals surface area (Å²) in [7, 11) is 0. The lowest BCUT2D eigenvalue weighted by Crippen LogP contribution is -2.25. The average Bonchev–Trinajstić information content (AvgIpc) is 3.38. The number of nitrogens with one attached hydrogen (secondary N) is 1. The van der Waals surface area contributed by atoms with Crippen LogP contribution in [0.4, 0.5) is 0 Å². The summed E-state index contributed by atoms with van der Waals surface area (Å²) in [6.07, 6.45) is 8.49. The Bertz CT molecular complexity index is 1250. The molecule has 3 aromatic heterocycles. The number of halogens is 1. The van der Waals surface area contributed by atoms with Crippen LogP contribution in [0.1, 0.15) is 72.6 Å². The molecule has 0 atom stereocenters. The molecule has 0 aliphatic heterocycles. The normalized spacial score (nSPS) is 15.0. The molecule has 6 nitrogen and oxygen atoms in total. The summed E-state index contributed by atoms with van der Waals surface area (Å²) < 4.78 is 7.77. The maximum Gasteiger partial charge on any atom is 0.270 e. The van der Waals surface area contributed by atoms with E-state index in [9.17, 15) is 4.79 Å². The Morgan fingerprint density at radius 2 is 2.03 bits per heavy atom. The zero-order valence-electron chi connectivity index (χ0n) is 17.5. The number of aromatic nitrogens is 3. The molecule has 4 aromatic rings. The van der Waals surface area contributed by atoms with E-state index in [1.54, 1.807) is 16.7 Å². The molecule has 1 aromatic carbocycles. The number of rotatable bonds is 5. The van der Waals surface area contributed by atoms with Crippen LogP contribution in [0, 0.1) is 0 Å². The fourth-order valence-electron chi connectivity index (χ4n) is 4.45. The third-order valence-corrected chi connectivity index (χ3v) is 6.30. The van der Waals surface area contributed by atoms with Crippen molar-refractivity contribution in [2.45, 2.75) is 57.9 Å². The van der Waals surface area contributed by atoms with Gasteiger partial charge in [-0.3, -0.25) is 9.20 Å². The van der Waals surface area contributed by atoms with E-state index in [1.165, 1.54) is 19.3 Å². The van der Waals surface area contributed by atoms with Gasteiger partial charge in [-0.15, -0.1) is 0 Å². The first-order valence-electron chi connectivity index (χ1n) is 11.0. The summed E-state index contributed by atoms with van der Waals surface area (Å²) in [5, 5.41) is 3.58. The molecule has 1 fully saturated rings. The number of imidazole rings is 1. The Kier molecular flexibility index (Phi) is 5.40. The van der Waals surface area contributed by atoms with Gasteiger partial charge in [-0.1, -0.05) is 43.9 Å². The molecule has 0 saturated heterocycles. The van der Waals surface area contributed by atoms with Crippen molar-refractivity contribution >= 4 is 34.3 Å². The molecule has 1 saturated carbocycles. The largest absolute Gasteiger partial charge is 0.440 e. The molecule has 1 aliphatic carbocycles. The molecule has 1 N–H and O–H groups in total. The monoisotopic (exact) mass is 436 g/mol. The first-order valence-corrected chi connectivity index (χ1v) is 11.3. The van der Waals surface area contributed by atoms with Crippen LogP contribution in [0.15, 0.2) is 40.9 Å². The van der Waals surface area contributed by atoms with Crippen LogP contribution in [0.25, 0.3) is 16.7 Å². The Labute approximate surface area is 185 Å². The first kappa shape index (κ1) is 20.1. The maximum absolute atomic E-state index is 13.0. The number of amides is 1. The van der Waals surface area contributed by atoms with Gasteiger partial charge in [0.15, 0.2) is 11.5 Å². The van der Waals surface area contributed by atoms with Gasteiger partial charge in [0.05, 0.1) is 10.7 Å². The highest BCUT2D eigenvalue weighted by atomic mass is 35.5. The molecule has 0 spiro atoms. The molecule has 1 amide bonds. The van der Waals surface area contributed by atoms with Crippen molar-refractivity contribution in [2.75, 3.05) is 0 Å². The second-order valence-electron chi connectivity index (χ2n) is 8.21. The number of hydrogen-bond acceptors (Lipinski definition) is 4. The average molecular weight is 437 g/mol. The van der Waals surface area contributed by atoms with E-state index in [2.05, 4.69) is 10.3 Å². The molecule has 0 radical (unpaired) electrons. The second-order valence-corrected chi connectivity index (χ2v) is 8.64. The quantitative estimate of drug-likeness (QED) is 0.437. The van der Waals surface area contributed by atoms with Crippen molar-refractivity contribution in [3.63, 3.8) is 0 Å². The minimum atomic E-state index is -0.172. The maximum atomic E-state index is 13.0. The van der Waals surface area contributed by atoms with Gasteiger partial charge in [-0.05, 0) is 49.1 Å². The molecule has 160 valence electrons. The standard InChI is InChI=1S/C24H25ClN4O2/c1-2-18-22(29-14-17(25)9-11-21(29)27-18)23(30)26-13-15-8-10-20-19(12-15)28-24(31-20)16-6-4-3-5-7-16/h8-12,14,16H,2-7,13H2,1H3,(H,26,30). The van der Waals surface area contributed by atoms with E-state index in [-0.39, 0.29) is 5.91 Å². The summed E-state index contributed by atoms with van der Waals surface area (Å²) in [5.74, 6) is 1.11. The van der Waals surface area contributed by atoms with E-state index in [0.717, 1.165) is 41.1 Å². The van der Waals surface area contributed by atoms with Gasteiger partial charge in [-0.2, -0.15) is 0 Å². The van der Waals surface area contributed by atoms with Gasteiger partial charge >= 0.3 is 0 Å². The van der Waals surface area contributed by atoms with Crippen molar-refractivity contribution < 1.29 is 9.21 Å². The van der Waals surface area contributed by atoms with Gasteiger partial charge in [0.2, 0.25) is 0 Å². The summed E-state index contributed by atoms with van der Waals surface area (Å²) in [6, 6.07) is 9.52. The van der Waals surface area contributed by atoms with Crippen molar-refractivity contribution in [2.24, 2.45) is 0 Å². The first-order chi connectivity index (χ1) is 15.1. The molecule has 5 rings (SSSR count). The van der Waals surface area contributed by atoms with Crippen LogP contribution >= 0.6 is 11.6 Å². The number of fused-ring (bicyclic) bond motifs is 2. The molecule has 1 aliphatic rings. The lowest BCUT2D eigenvalue weighted by molar-refractivity contribution is 0.0944. The minimum absolute atomic E-state index is 0.172. The molecule has 31 heavy (non-hydrogen) atoms. The molecule has 0 unspecified atom stereocenters. The molecular formula is C24H25ClN4O2. The Balaban J connectivity index is 1.35. The number of nitrogens with zero attached hydrogens (tertiary/aromatic N) is 3. The fraction of sp³-hybridized carbons (Fsp3) is 0.375. The van der Waals surface area contributed by atoms with Gasteiger partial charge in [0.25, 0.3) is 5.91 Å². The molecular weight excluding hydrogens is 412 g/mol. The van der Waals surface area contributed by atoms with Crippen LogP contribution in [-0.4, -0.2) is 20.3 Å². The summed E-state index contributed by atoms with van der Waals surface area (Å²) >= 11 is 6.14. The topological polar surface area (TPSA) is 72.4 Å². The Morgan fingerprint density at radius 1 is 1.19 bits per heavy atom. The third kappa shape index (κ3) is 3.92. The number of aryl methyl sites for hydroxylation is 1. The van der Waals surface area contributed by atoms with E-state index in [4.69, 9.17) is 21.0 Å². The Morgan fingerprint density at radius 3 is 2.84 bits per heavy atom. The van der Waals surface area contributed by atoms with Crippen LogP contribution < -0.4 is 5.32 Å². The number of oxazole rings is 1. The number of hydrogen-bond donors (Lipinski definition) is 1. The number of carbonyl (C=O) groups is 1. The van der Waals surface area contributed by atoms with Gasteiger partial charge in [-0.25, -0.2) is 9.97 Å². The minimum Gasteiger partial charge on any atom is -0.440 e. The van der Waals surface area contributed by atoms with E-state index in [1.807, 2.05) is 31.2 Å². The second kappa shape index (κ2) is 8.35. The summed E-state index contributed by atoms with van der Waals surface area (Å²) in [6.45, 7) is 2.39. The lowest BCUT2D eigenvalue weighted by Gasteiger charge is -2.17. The Hall–Kier alpha value is -2.86. The van der Waals surface area contributed by atoms with Crippen LogP contribution in [0.3, 0.4) is 0 Å². The van der Waals surface area contributed by atoms with Crippen molar-refractivity contribution in [3.8, 4) is 0 Å². The number of pyridine rings is 1. The fourth-order valence-corrected chi connectivity index (χ4v) is 4.61. The van der Waals surface area contributed by atoms with Crippen LogP contribution in [0.5, 0.6) is 0 Å². The van der Waals surface area contributed by atoms with Crippen molar-refractivity contribution in [3.05, 3.63) is 64.4 Å². The van der Waals surface area contributed by atoms with Gasteiger partial charge in [0, 0.05) is 18.7 Å². The highest BCUT2D eigenvalue weighted by Crippen LogP contribution is 2.33. The van der Waals surface area contributed by atoms with Crippen molar-refractivity contribution in [1.29, 1.82) is 0 Å². The van der Waals surface area contributed by atoms with Gasteiger partial charge in [0.1, 0.15) is 16.9 Å². The lowest BCUT2D eigenvalue weighted by atomic mass is 9.89. The zero-order chi connectivity index (χ0) is 21.4. The summed E-state index contributed by atoms with van der Waals surface area (Å²) in [5.41, 5.74) is 4.63. The molecule has 0 bridgehead atoms. The zero-order valence-corrected chi connectivity index (χ0v) is 18.3.